The molecule has 0 N–H and O–H groups in total. The molecule has 0 saturated heterocycles. The molecule has 1 aliphatic heterocycles. The van der Waals surface area contributed by atoms with E-state index in [2.05, 4.69) is 231 Å². The number of benzene rings is 5. The van der Waals surface area contributed by atoms with Crippen LogP contribution in [-0.2, 0) is 27.1 Å². The summed E-state index contributed by atoms with van der Waals surface area (Å²) in [4.78, 5) is 7.50. The Labute approximate surface area is 462 Å². The molecule has 0 saturated carbocycles. The van der Waals surface area contributed by atoms with Gasteiger partial charge in [0.25, 0.3) is 0 Å². The molecule has 2 unspecified atom stereocenters. The SMILES string of the molecule is CCCCC(CC)CN(c1cc(C(C)(C)C)cc(C(C)(C)C)c1)c1ccc2c(c1)Oc1cc(N(CC(CC)CCCC)c3cc(C(C)(C)C)cc(C(C)(C)C)c3)ccc1C2(C)c1c(Cl)cc(N(CC)CC)cc1Cl. The Hall–Kier alpha value is -4.12. The van der Waals surface area contributed by atoms with Crippen LogP contribution in [0.3, 0.4) is 0 Å². The molecule has 1 heterocycles. The molecule has 5 aromatic carbocycles. The second-order valence-corrected chi connectivity index (χ2v) is 27.0. The first-order chi connectivity index (χ1) is 34.6. The van der Waals surface area contributed by atoms with Crippen LogP contribution in [0.1, 0.15) is 222 Å². The highest BCUT2D eigenvalue weighted by Gasteiger charge is 2.44. The van der Waals surface area contributed by atoms with Gasteiger partial charge in [-0.05, 0) is 138 Å². The quantitative estimate of drug-likeness (QED) is 0.0773. The van der Waals surface area contributed by atoms with Gasteiger partial charge < -0.3 is 19.4 Å². The zero-order valence-corrected chi connectivity index (χ0v) is 51.2. The first kappa shape index (κ1) is 59.1. The van der Waals surface area contributed by atoms with Gasteiger partial charge in [-0.2, -0.15) is 0 Å². The van der Waals surface area contributed by atoms with Crippen LogP contribution in [-0.4, -0.2) is 26.2 Å². The molecule has 6 heteroatoms. The highest BCUT2D eigenvalue weighted by Crippen LogP contribution is 2.57. The van der Waals surface area contributed by atoms with Crippen molar-refractivity contribution in [1.29, 1.82) is 0 Å². The zero-order chi connectivity index (χ0) is 54.7. The van der Waals surface area contributed by atoms with Crippen molar-refractivity contribution in [3.05, 3.63) is 134 Å². The number of rotatable bonds is 20. The summed E-state index contributed by atoms with van der Waals surface area (Å²) in [5.74, 6) is 2.69. The first-order valence-corrected chi connectivity index (χ1v) is 29.5. The Balaban J connectivity index is 1.66. The molecular weight excluding hydrogens is 946 g/mol. The largest absolute Gasteiger partial charge is 0.457 e. The van der Waals surface area contributed by atoms with E-state index in [4.69, 9.17) is 27.9 Å². The molecule has 0 aromatic heterocycles. The van der Waals surface area contributed by atoms with E-state index in [1.54, 1.807) is 0 Å². The Bertz CT molecular complexity index is 2450. The first-order valence-electron chi connectivity index (χ1n) is 28.7. The van der Waals surface area contributed by atoms with Crippen molar-refractivity contribution in [2.75, 3.05) is 40.9 Å². The van der Waals surface area contributed by atoms with E-state index in [0.717, 1.165) is 84.3 Å². The molecule has 0 spiro atoms. The standard InChI is InChI=1S/C68H97Cl2N3O/c1-20-26-28-46(22-3)44-72(55-36-48(64(7,8)9)34-49(37-55)65(10,11)12)52-30-32-57-61(42-52)74-62-43-53(31-33-58(62)68(57,19)63-59(69)40-54(41-60(63)70)71(24-5)25-6)73(45-47(23-4)29-27-21-2)56-38-50(66(13,14)15)35-51(39-56)67(16,17)18/h30-43,46-47H,20-29,44-45H2,1-19H3. The number of unbranched alkanes of at least 4 members (excludes halogenated alkanes) is 2. The second-order valence-electron chi connectivity index (χ2n) is 26.1. The third kappa shape index (κ3) is 13.2. The number of anilines is 5. The zero-order valence-electron chi connectivity index (χ0n) is 49.7. The van der Waals surface area contributed by atoms with E-state index in [1.807, 2.05) is 0 Å². The normalized spacial score (nSPS) is 15.8. The Morgan fingerprint density at radius 3 is 1.11 bits per heavy atom. The molecule has 5 aromatic rings. The van der Waals surface area contributed by atoms with Crippen molar-refractivity contribution in [3.8, 4) is 11.5 Å². The maximum Gasteiger partial charge on any atom is 0.133 e. The molecule has 404 valence electrons. The summed E-state index contributed by atoms with van der Waals surface area (Å²) in [5.41, 5.74) is 13.2. The highest BCUT2D eigenvalue weighted by atomic mass is 35.5. The average molecular weight is 1040 g/mol. The van der Waals surface area contributed by atoms with Crippen LogP contribution >= 0.6 is 23.2 Å². The van der Waals surface area contributed by atoms with Crippen LogP contribution in [0, 0.1) is 11.8 Å². The summed E-state index contributed by atoms with van der Waals surface area (Å²) in [6.45, 7) is 47.6. The fourth-order valence-electron chi connectivity index (χ4n) is 11.0. The lowest BCUT2D eigenvalue weighted by molar-refractivity contribution is 0.426. The van der Waals surface area contributed by atoms with Crippen LogP contribution in [0.15, 0.2) is 84.9 Å². The van der Waals surface area contributed by atoms with Crippen molar-refractivity contribution in [1.82, 2.24) is 0 Å². The number of halogens is 2. The summed E-state index contributed by atoms with van der Waals surface area (Å²) in [6, 6.07) is 32.8. The third-order valence-electron chi connectivity index (χ3n) is 16.4. The smallest absolute Gasteiger partial charge is 0.133 e. The molecule has 74 heavy (non-hydrogen) atoms. The maximum absolute atomic E-state index is 7.64. The number of hydrogen-bond donors (Lipinski definition) is 0. The van der Waals surface area contributed by atoms with Gasteiger partial charge in [-0.3, -0.25) is 0 Å². The van der Waals surface area contributed by atoms with Gasteiger partial charge in [0, 0.05) is 93.5 Å². The summed E-state index contributed by atoms with van der Waals surface area (Å²) < 4.78 is 7.48. The number of nitrogens with zero attached hydrogens (tertiary/aromatic N) is 3. The third-order valence-corrected chi connectivity index (χ3v) is 17.0. The van der Waals surface area contributed by atoms with Crippen molar-refractivity contribution in [2.24, 2.45) is 11.8 Å². The molecular formula is C68H97Cl2N3O. The summed E-state index contributed by atoms with van der Waals surface area (Å²) in [6.07, 6.45) is 9.41. The lowest BCUT2D eigenvalue weighted by Crippen LogP contribution is -2.32. The summed E-state index contributed by atoms with van der Waals surface area (Å²) in [7, 11) is 0. The Morgan fingerprint density at radius 1 is 0.459 bits per heavy atom. The lowest BCUT2D eigenvalue weighted by Gasteiger charge is -2.41. The average Bonchev–Trinajstić information content (AvgIpc) is 3.32. The Morgan fingerprint density at radius 2 is 0.811 bits per heavy atom. The van der Waals surface area contributed by atoms with E-state index in [0.29, 0.717) is 21.9 Å². The van der Waals surface area contributed by atoms with Gasteiger partial charge in [-0.1, -0.05) is 197 Å². The van der Waals surface area contributed by atoms with E-state index in [9.17, 15) is 0 Å². The van der Waals surface area contributed by atoms with Gasteiger partial charge in [-0.15, -0.1) is 0 Å². The summed E-state index contributed by atoms with van der Waals surface area (Å²) in [5, 5.41) is 1.31. The van der Waals surface area contributed by atoms with Crippen LogP contribution in [0.4, 0.5) is 28.4 Å². The minimum atomic E-state index is -0.761. The molecule has 0 radical (unpaired) electrons. The van der Waals surface area contributed by atoms with Crippen molar-refractivity contribution < 1.29 is 4.74 Å². The highest BCUT2D eigenvalue weighted by molar-refractivity contribution is 6.37. The molecule has 0 amide bonds. The maximum atomic E-state index is 7.64. The molecule has 0 bridgehead atoms. The molecule has 0 aliphatic carbocycles. The molecule has 0 fully saturated rings. The van der Waals surface area contributed by atoms with Crippen molar-refractivity contribution in [2.45, 2.75) is 210 Å². The fourth-order valence-corrected chi connectivity index (χ4v) is 11.9. The van der Waals surface area contributed by atoms with Crippen LogP contribution < -0.4 is 19.4 Å². The van der Waals surface area contributed by atoms with Crippen molar-refractivity contribution in [3.63, 3.8) is 0 Å². The number of ether oxygens (including phenoxy) is 1. The second kappa shape index (κ2) is 23.6. The Kier molecular flexibility index (Phi) is 18.9. The summed E-state index contributed by atoms with van der Waals surface area (Å²) >= 11 is 15.3. The van der Waals surface area contributed by atoms with Crippen LogP contribution in [0.2, 0.25) is 10.0 Å². The van der Waals surface area contributed by atoms with E-state index in [1.165, 1.54) is 72.2 Å². The monoisotopic (exact) mass is 1040 g/mol. The lowest BCUT2D eigenvalue weighted by atomic mass is 9.69. The van der Waals surface area contributed by atoms with E-state index >= 15 is 0 Å². The fraction of sp³-hybridized carbons (Fsp3) is 0.559. The van der Waals surface area contributed by atoms with Crippen molar-refractivity contribution >= 4 is 51.6 Å². The van der Waals surface area contributed by atoms with E-state index in [-0.39, 0.29) is 21.7 Å². The van der Waals surface area contributed by atoms with Gasteiger partial charge in [0.1, 0.15) is 11.5 Å². The minimum absolute atomic E-state index is 0.0287. The van der Waals surface area contributed by atoms with Crippen LogP contribution in [0.5, 0.6) is 11.5 Å². The molecule has 2 atom stereocenters. The number of fused-ring (bicyclic) bond motifs is 2. The molecule has 4 nitrogen and oxygen atoms in total. The van der Waals surface area contributed by atoms with Gasteiger partial charge in [-0.25, -0.2) is 0 Å². The van der Waals surface area contributed by atoms with Gasteiger partial charge in [0.2, 0.25) is 0 Å². The molecule has 1 aliphatic rings. The van der Waals surface area contributed by atoms with Gasteiger partial charge in [0.05, 0.1) is 5.41 Å². The minimum Gasteiger partial charge on any atom is -0.457 e. The number of hydrogen-bond acceptors (Lipinski definition) is 4. The van der Waals surface area contributed by atoms with E-state index < -0.39 is 5.41 Å². The van der Waals surface area contributed by atoms with Crippen LogP contribution in [0.25, 0.3) is 0 Å². The van der Waals surface area contributed by atoms with Gasteiger partial charge >= 0.3 is 0 Å². The predicted molar refractivity (Wildman–Crippen MR) is 327 cm³/mol. The molecule has 6 rings (SSSR count). The van der Waals surface area contributed by atoms with Gasteiger partial charge in [0.15, 0.2) is 0 Å². The topological polar surface area (TPSA) is 19.0 Å². The predicted octanol–water partition coefficient (Wildman–Crippen LogP) is 21.2.